The van der Waals surface area contributed by atoms with E-state index in [1.165, 1.54) is 18.2 Å². The molecule has 6 heteroatoms. The highest BCUT2D eigenvalue weighted by Crippen LogP contribution is 2.21. The standard InChI is InChI=1S/C14H20N2O4/c1-14(2,3)15-7-6-12(18)16-9-4-5-10(13(19)20)11(17)8-9/h4-5,8,15,17H,6-7H2,1-3H3,(H,16,18)(H,19,20). The first-order valence-corrected chi connectivity index (χ1v) is 6.30. The minimum atomic E-state index is -1.21. The van der Waals surface area contributed by atoms with Gasteiger partial charge in [-0.25, -0.2) is 4.79 Å². The molecule has 110 valence electrons. The second-order valence-corrected chi connectivity index (χ2v) is 5.51. The molecule has 0 saturated carbocycles. The van der Waals surface area contributed by atoms with E-state index in [9.17, 15) is 14.7 Å². The average molecular weight is 280 g/mol. The third-order valence-corrected chi connectivity index (χ3v) is 2.52. The van der Waals surface area contributed by atoms with Crippen LogP contribution in [0.1, 0.15) is 37.6 Å². The molecule has 20 heavy (non-hydrogen) atoms. The van der Waals surface area contributed by atoms with E-state index in [0.29, 0.717) is 18.7 Å². The van der Waals surface area contributed by atoms with Gasteiger partial charge in [0.15, 0.2) is 0 Å². The quantitative estimate of drug-likeness (QED) is 0.659. The highest BCUT2D eigenvalue weighted by Gasteiger charge is 2.12. The van der Waals surface area contributed by atoms with E-state index in [1.807, 2.05) is 20.8 Å². The topological polar surface area (TPSA) is 98.7 Å². The first-order valence-electron chi connectivity index (χ1n) is 6.30. The Morgan fingerprint density at radius 1 is 1.25 bits per heavy atom. The highest BCUT2D eigenvalue weighted by atomic mass is 16.4. The van der Waals surface area contributed by atoms with Crippen molar-refractivity contribution in [3.05, 3.63) is 23.8 Å². The molecule has 0 aliphatic carbocycles. The fourth-order valence-corrected chi connectivity index (χ4v) is 1.56. The maximum Gasteiger partial charge on any atom is 0.339 e. The van der Waals surface area contributed by atoms with Crippen LogP contribution in [0.2, 0.25) is 0 Å². The number of carbonyl (C=O) groups excluding carboxylic acids is 1. The molecule has 0 saturated heterocycles. The van der Waals surface area contributed by atoms with Crippen molar-refractivity contribution >= 4 is 17.6 Å². The molecule has 1 rings (SSSR count). The molecule has 0 aliphatic rings. The summed E-state index contributed by atoms with van der Waals surface area (Å²) in [4.78, 5) is 22.4. The van der Waals surface area contributed by atoms with Crippen molar-refractivity contribution in [1.29, 1.82) is 0 Å². The van der Waals surface area contributed by atoms with Gasteiger partial charge < -0.3 is 20.8 Å². The van der Waals surface area contributed by atoms with Gasteiger partial charge in [0.1, 0.15) is 11.3 Å². The average Bonchev–Trinajstić information content (AvgIpc) is 2.26. The fourth-order valence-electron chi connectivity index (χ4n) is 1.56. The number of aromatic hydroxyl groups is 1. The van der Waals surface area contributed by atoms with Crippen molar-refractivity contribution in [3.63, 3.8) is 0 Å². The minimum absolute atomic E-state index is 0.0539. The van der Waals surface area contributed by atoms with E-state index in [-0.39, 0.29) is 22.8 Å². The second kappa shape index (κ2) is 6.38. The molecule has 0 aliphatic heterocycles. The summed E-state index contributed by atoms with van der Waals surface area (Å²) in [5.74, 6) is -1.79. The largest absolute Gasteiger partial charge is 0.507 e. The third-order valence-electron chi connectivity index (χ3n) is 2.52. The summed E-state index contributed by atoms with van der Waals surface area (Å²) in [6.07, 6.45) is 0.290. The van der Waals surface area contributed by atoms with Crippen LogP contribution in [0.25, 0.3) is 0 Å². The molecule has 0 spiro atoms. The third kappa shape index (κ3) is 5.27. The smallest absolute Gasteiger partial charge is 0.339 e. The molecule has 0 heterocycles. The lowest BCUT2D eigenvalue weighted by atomic mass is 10.1. The molecule has 1 aromatic rings. The molecule has 4 N–H and O–H groups in total. The van der Waals surface area contributed by atoms with Crippen LogP contribution in [0.15, 0.2) is 18.2 Å². The van der Waals surface area contributed by atoms with E-state index in [1.54, 1.807) is 0 Å². The Labute approximate surface area is 117 Å². The Balaban J connectivity index is 2.54. The predicted molar refractivity (Wildman–Crippen MR) is 76.1 cm³/mol. The van der Waals surface area contributed by atoms with Gasteiger partial charge in [-0.05, 0) is 32.9 Å². The van der Waals surface area contributed by atoms with Gasteiger partial charge in [-0.15, -0.1) is 0 Å². The van der Waals surface area contributed by atoms with Crippen LogP contribution in [-0.4, -0.2) is 34.2 Å². The van der Waals surface area contributed by atoms with Gasteiger partial charge in [0.25, 0.3) is 0 Å². The molecule has 1 aromatic carbocycles. The highest BCUT2D eigenvalue weighted by molar-refractivity contribution is 5.94. The normalized spacial score (nSPS) is 11.2. The number of carboxylic acid groups (broad SMARTS) is 1. The van der Waals surface area contributed by atoms with E-state index in [4.69, 9.17) is 5.11 Å². The first-order chi connectivity index (χ1) is 9.19. The lowest BCUT2D eigenvalue weighted by Crippen LogP contribution is -2.37. The van der Waals surface area contributed by atoms with Crippen LogP contribution in [0.3, 0.4) is 0 Å². The number of carbonyl (C=O) groups is 2. The summed E-state index contributed by atoms with van der Waals surface area (Å²) in [5, 5.41) is 24.1. The summed E-state index contributed by atoms with van der Waals surface area (Å²) >= 11 is 0. The van der Waals surface area contributed by atoms with Gasteiger partial charge in [-0.3, -0.25) is 4.79 Å². The number of anilines is 1. The summed E-state index contributed by atoms with van der Waals surface area (Å²) in [5.41, 5.74) is 0.118. The maximum absolute atomic E-state index is 11.7. The number of aromatic carboxylic acids is 1. The summed E-state index contributed by atoms with van der Waals surface area (Å²) < 4.78 is 0. The SMILES string of the molecule is CC(C)(C)NCCC(=O)Nc1ccc(C(=O)O)c(O)c1. The van der Waals surface area contributed by atoms with Crippen molar-refractivity contribution in [2.24, 2.45) is 0 Å². The number of carboxylic acids is 1. The Hall–Kier alpha value is -2.08. The van der Waals surface area contributed by atoms with E-state index >= 15 is 0 Å². The molecule has 1 amide bonds. The molecular formula is C14H20N2O4. The Morgan fingerprint density at radius 3 is 2.40 bits per heavy atom. The van der Waals surface area contributed by atoms with Gasteiger partial charge in [0.05, 0.1) is 0 Å². The van der Waals surface area contributed by atoms with Gasteiger partial charge in [0, 0.05) is 30.3 Å². The molecule has 0 fully saturated rings. The number of hydrogen-bond acceptors (Lipinski definition) is 4. The van der Waals surface area contributed by atoms with Crippen molar-refractivity contribution < 1.29 is 19.8 Å². The molecule has 0 aromatic heterocycles. The lowest BCUT2D eigenvalue weighted by Gasteiger charge is -2.20. The zero-order valence-electron chi connectivity index (χ0n) is 11.9. The van der Waals surface area contributed by atoms with Gasteiger partial charge in [-0.1, -0.05) is 0 Å². The summed E-state index contributed by atoms with van der Waals surface area (Å²) in [7, 11) is 0. The van der Waals surface area contributed by atoms with E-state index < -0.39 is 5.97 Å². The molecule has 0 atom stereocenters. The maximum atomic E-state index is 11.7. The minimum Gasteiger partial charge on any atom is -0.507 e. The van der Waals surface area contributed by atoms with Crippen molar-refractivity contribution in [1.82, 2.24) is 5.32 Å². The van der Waals surface area contributed by atoms with Crippen LogP contribution in [0.5, 0.6) is 5.75 Å². The Morgan fingerprint density at radius 2 is 1.90 bits per heavy atom. The molecule has 0 unspecified atom stereocenters. The monoisotopic (exact) mass is 280 g/mol. The fraction of sp³-hybridized carbons (Fsp3) is 0.429. The molecule has 6 nitrogen and oxygen atoms in total. The van der Waals surface area contributed by atoms with E-state index in [2.05, 4.69) is 10.6 Å². The van der Waals surface area contributed by atoms with Gasteiger partial charge in [-0.2, -0.15) is 0 Å². The van der Waals surface area contributed by atoms with Crippen molar-refractivity contribution in [2.75, 3.05) is 11.9 Å². The number of benzene rings is 1. The van der Waals surface area contributed by atoms with Crippen molar-refractivity contribution in [3.8, 4) is 5.75 Å². The first kappa shape index (κ1) is 16.0. The van der Waals surface area contributed by atoms with Gasteiger partial charge in [0.2, 0.25) is 5.91 Å². The molecular weight excluding hydrogens is 260 g/mol. The number of hydrogen-bond donors (Lipinski definition) is 4. The second-order valence-electron chi connectivity index (χ2n) is 5.51. The lowest BCUT2D eigenvalue weighted by molar-refractivity contribution is -0.116. The van der Waals surface area contributed by atoms with Crippen LogP contribution in [0, 0.1) is 0 Å². The number of nitrogens with one attached hydrogen (secondary N) is 2. The van der Waals surface area contributed by atoms with Crippen LogP contribution in [0.4, 0.5) is 5.69 Å². The van der Waals surface area contributed by atoms with Crippen LogP contribution < -0.4 is 10.6 Å². The molecule has 0 radical (unpaired) electrons. The predicted octanol–water partition coefficient (Wildman–Crippen LogP) is 1.81. The summed E-state index contributed by atoms with van der Waals surface area (Å²) in [6, 6.07) is 3.91. The summed E-state index contributed by atoms with van der Waals surface area (Å²) in [6.45, 7) is 6.56. The number of phenols is 1. The van der Waals surface area contributed by atoms with Crippen LogP contribution in [-0.2, 0) is 4.79 Å². The van der Waals surface area contributed by atoms with Crippen LogP contribution >= 0.6 is 0 Å². The zero-order chi connectivity index (χ0) is 15.3. The molecule has 0 bridgehead atoms. The number of amides is 1. The zero-order valence-corrected chi connectivity index (χ0v) is 11.9. The Bertz CT molecular complexity index is 506. The Kier molecular flexibility index (Phi) is 5.10. The number of rotatable bonds is 5. The van der Waals surface area contributed by atoms with Gasteiger partial charge >= 0.3 is 5.97 Å². The van der Waals surface area contributed by atoms with E-state index in [0.717, 1.165) is 0 Å². The van der Waals surface area contributed by atoms with Crippen molar-refractivity contribution in [2.45, 2.75) is 32.7 Å².